The molecular weight excluding hydrogens is 268 g/mol. The first kappa shape index (κ1) is 13.4. The maximum absolute atomic E-state index is 10.8. The molecule has 0 fully saturated rings. The van der Waals surface area contributed by atoms with Crippen LogP contribution < -0.4 is 5.32 Å². The van der Waals surface area contributed by atoms with E-state index in [0.717, 1.165) is 11.3 Å². The Morgan fingerprint density at radius 2 is 2.26 bits per heavy atom. The van der Waals surface area contributed by atoms with Gasteiger partial charge in [0.25, 0.3) is 5.69 Å². The number of nitrogens with one attached hydrogen (secondary N) is 1. The van der Waals surface area contributed by atoms with Gasteiger partial charge in [-0.3, -0.25) is 14.8 Å². The summed E-state index contributed by atoms with van der Waals surface area (Å²) in [7, 11) is 1.85. The van der Waals surface area contributed by atoms with Crippen molar-refractivity contribution in [3.63, 3.8) is 0 Å². The highest BCUT2D eigenvalue weighted by Gasteiger charge is 2.12. The number of nitro benzene ring substituents is 1. The van der Waals surface area contributed by atoms with Crippen LogP contribution in [0.15, 0.2) is 24.4 Å². The van der Waals surface area contributed by atoms with Crippen LogP contribution in [0.5, 0.6) is 0 Å². The van der Waals surface area contributed by atoms with Gasteiger partial charge in [0.2, 0.25) is 0 Å². The second kappa shape index (κ2) is 5.27. The number of nitro groups is 1. The minimum Gasteiger partial charge on any atom is -0.381 e. The van der Waals surface area contributed by atoms with Gasteiger partial charge >= 0.3 is 0 Å². The molecule has 1 aromatic carbocycles. The Balaban J connectivity index is 2.14. The number of hydrogen-bond acceptors (Lipinski definition) is 4. The van der Waals surface area contributed by atoms with E-state index in [9.17, 15) is 10.1 Å². The van der Waals surface area contributed by atoms with Gasteiger partial charge in [-0.15, -0.1) is 0 Å². The lowest BCUT2D eigenvalue weighted by atomic mass is 10.2. The van der Waals surface area contributed by atoms with Crippen molar-refractivity contribution >= 4 is 23.0 Å². The molecule has 6 nitrogen and oxygen atoms in total. The normalized spacial score (nSPS) is 10.5. The van der Waals surface area contributed by atoms with Gasteiger partial charge < -0.3 is 5.32 Å². The standard InChI is InChI=1S/C12H13ClN4O2/c1-8-9(7-16(2)15-8)6-14-10-3-4-11(13)12(5-10)17(18)19/h3-5,7,14H,6H2,1-2H3. The topological polar surface area (TPSA) is 73.0 Å². The SMILES string of the molecule is Cc1nn(C)cc1CNc1ccc(Cl)c([N+](=O)[O-])c1. The summed E-state index contributed by atoms with van der Waals surface area (Å²) in [5, 5.41) is 18.3. The Bertz CT molecular complexity index is 624. The van der Waals surface area contributed by atoms with Crippen LogP contribution in [-0.2, 0) is 13.6 Å². The molecule has 100 valence electrons. The van der Waals surface area contributed by atoms with E-state index >= 15 is 0 Å². The summed E-state index contributed by atoms with van der Waals surface area (Å²) < 4.78 is 1.73. The van der Waals surface area contributed by atoms with Gasteiger partial charge in [0, 0.05) is 37.1 Å². The Labute approximate surface area is 115 Å². The molecule has 19 heavy (non-hydrogen) atoms. The summed E-state index contributed by atoms with van der Waals surface area (Å²) in [6, 6.07) is 4.65. The van der Waals surface area contributed by atoms with Gasteiger partial charge in [-0.1, -0.05) is 11.6 Å². The smallest absolute Gasteiger partial charge is 0.289 e. The number of hydrogen-bond donors (Lipinski definition) is 1. The molecular formula is C12H13ClN4O2. The average Bonchev–Trinajstić information content (AvgIpc) is 2.66. The number of anilines is 1. The molecule has 0 amide bonds. The Morgan fingerprint density at radius 1 is 1.53 bits per heavy atom. The summed E-state index contributed by atoms with van der Waals surface area (Å²) in [5.74, 6) is 0. The molecule has 1 heterocycles. The molecule has 2 rings (SSSR count). The predicted octanol–water partition coefficient (Wildman–Crippen LogP) is 2.90. The van der Waals surface area contributed by atoms with Crippen LogP contribution in [0.3, 0.4) is 0 Å². The maximum Gasteiger partial charge on any atom is 0.289 e. The van der Waals surface area contributed by atoms with Crippen LogP contribution >= 0.6 is 11.6 Å². The van der Waals surface area contributed by atoms with E-state index < -0.39 is 4.92 Å². The van der Waals surface area contributed by atoms with Crippen molar-refractivity contribution < 1.29 is 4.92 Å². The van der Waals surface area contributed by atoms with E-state index in [0.29, 0.717) is 12.2 Å². The number of benzene rings is 1. The summed E-state index contributed by atoms with van der Waals surface area (Å²) in [6.07, 6.45) is 1.91. The third kappa shape index (κ3) is 3.03. The molecule has 0 aliphatic heterocycles. The molecule has 1 N–H and O–H groups in total. The number of nitrogens with zero attached hydrogens (tertiary/aromatic N) is 3. The molecule has 0 atom stereocenters. The van der Waals surface area contributed by atoms with Crippen molar-refractivity contribution in [2.24, 2.45) is 7.05 Å². The molecule has 2 aromatic rings. The second-order valence-corrected chi connectivity index (χ2v) is 4.60. The minimum absolute atomic E-state index is 0.102. The highest BCUT2D eigenvalue weighted by Crippen LogP contribution is 2.27. The Hall–Kier alpha value is -2.08. The third-order valence-corrected chi connectivity index (χ3v) is 3.06. The molecule has 0 aliphatic carbocycles. The van der Waals surface area contributed by atoms with Crippen LogP contribution in [0.1, 0.15) is 11.3 Å². The number of aryl methyl sites for hydroxylation is 2. The van der Waals surface area contributed by atoms with Gasteiger partial charge in [-0.25, -0.2) is 0 Å². The Morgan fingerprint density at radius 3 is 2.84 bits per heavy atom. The summed E-state index contributed by atoms with van der Waals surface area (Å²) in [5.41, 5.74) is 2.52. The zero-order chi connectivity index (χ0) is 14.0. The fourth-order valence-electron chi connectivity index (χ4n) is 1.78. The molecule has 0 saturated carbocycles. The number of aromatic nitrogens is 2. The molecule has 0 spiro atoms. The van der Waals surface area contributed by atoms with E-state index in [2.05, 4.69) is 10.4 Å². The van der Waals surface area contributed by atoms with Crippen molar-refractivity contribution in [2.75, 3.05) is 5.32 Å². The quantitative estimate of drug-likeness (QED) is 0.690. The van der Waals surface area contributed by atoms with E-state index in [4.69, 9.17) is 11.6 Å². The van der Waals surface area contributed by atoms with Gasteiger partial charge in [-0.05, 0) is 19.1 Å². The van der Waals surface area contributed by atoms with Crippen LogP contribution in [0, 0.1) is 17.0 Å². The Kier molecular flexibility index (Phi) is 3.71. The summed E-state index contributed by atoms with van der Waals surface area (Å²) >= 11 is 5.75. The van der Waals surface area contributed by atoms with Gasteiger partial charge in [0.05, 0.1) is 10.6 Å². The van der Waals surface area contributed by atoms with E-state index in [1.807, 2.05) is 20.2 Å². The lowest BCUT2D eigenvalue weighted by Gasteiger charge is -2.06. The molecule has 7 heteroatoms. The van der Waals surface area contributed by atoms with Gasteiger partial charge in [0.15, 0.2) is 0 Å². The fourth-order valence-corrected chi connectivity index (χ4v) is 1.97. The van der Waals surface area contributed by atoms with Crippen molar-refractivity contribution in [3.8, 4) is 0 Å². The third-order valence-electron chi connectivity index (χ3n) is 2.74. The van der Waals surface area contributed by atoms with Crippen LogP contribution in [0.4, 0.5) is 11.4 Å². The molecule has 0 radical (unpaired) electrons. The van der Waals surface area contributed by atoms with Crippen molar-refractivity contribution in [3.05, 3.63) is 50.8 Å². The lowest BCUT2D eigenvalue weighted by molar-refractivity contribution is -0.384. The molecule has 1 aromatic heterocycles. The van der Waals surface area contributed by atoms with E-state index in [1.54, 1.807) is 10.7 Å². The minimum atomic E-state index is -0.497. The second-order valence-electron chi connectivity index (χ2n) is 4.19. The summed E-state index contributed by atoms with van der Waals surface area (Å²) in [4.78, 5) is 10.3. The van der Waals surface area contributed by atoms with Gasteiger partial charge in [-0.2, -0.15) is 5.10 Å². The molecule has 0 saturated heterocycles. The average molecular weight is 281 g/mol. The largest absolute Gasteiger partial charge is 0.381 e. The first-order valence-corrected chi connectivity index (χ1v) is 6.02. The van der Waals surface area contributed by atoms with Crippen molar-refractivity contribution in [2.45, 2.75) is 13.5 Å². The molecule has 0 bridgehead atoms. The first-order valence-electron chi connectivity index (χ1n) is 5.64. The van der Waals surface area contributed by atoms with Crippen molar-refractivity contribution in [1.29, 1.82) is 0 Å². The first-order chi connectivity index (χ1) is 8.97. The van der Waals surface area contributed by atoms with Crippen LogP contribution in [-0.4, -0.2) is 14.7 Å². The van der Waals surface area contributed by atoms with E-state index in [-0.39, 0.29) is 10.7 Å². The zero-order valence-corrected chi connectivity index (χ0v) is 11.3. The number of halogens is 1. The summed E-state index contributed by atoms with van der Waals surface area (Å²) in [6.45, 7) is 2.47. The molecule has 0 aliphatic rings. The maximum atomic E-state index is 10.8. The lowest BCUT2D eigenvalue weighted by Crippen LogP contribution is -2.00. The van der Waals surface area contributed by atoms with Crippen LogP contribution in [0.2, 0.25) is 5.02 Å². The van der Waals surface area contributed by atoms with Crippen LogP contribution in [0.25, 0.3) is 0 Å². The predicted molar refractivity (Wildman–Crippen MR) is 73.4 cm³/mol. The van der Waals surface area contributed by atoms with Gasteiger partial charge in [0.1, 0.15) is 5.02 Å². The highest BCUT2D eigenvalue weighted by molar-refractivity contribution is 6.32. The zero-order valence-electron chi connectivity index (χ0n) is 10.6. The van der Waals surface area contributed by atoms with E-state index in [1.165, 1.54) is 12.1 Å². The monoisotopic (exact) mass is 280 g/mol. The van der Waals surface area contributed by atoms with Crippen molar-refractivity contribution in [1.82, 2.24) is 9.78 Å². The fraction of sp³-hybridized carbons (Fsp3) is 0.250. The molecule has 0 unspecified atom stereocenters. The highest BCUT2D eigenvalue weighted by atomic mass is 35.5. The number of rotatable bonds is 4.